The number of piperidine rings is 1. The van der Waals surface area contributed by atoms with Crippen LogP contribution in [0.4, 0.5) is 23.4 Å². The molecule has 0 bridgehead atoms. The highest BCUT2D eigenvalue weighted by molar-refractivity contribution is 5.96. The van der Waals surface area contributed by atoms with Gasteiger partial charge in [-0.2, -0.15) is 0 Å². The number of hydrogen-bond acceptors (Lipinski definition) is 7. The third-order valence-corrected chi connectivity index (χ3v) is 8.62. The van der Waals surface area contributed by atoms with Crippen LogP contribution >= 0.6 is 0 Å². The number of aliphatic imine (C=N–C) groups is 2. The Labute approximate surface area is 280 Å². The highest BCUT2D eigenvalue weighted by atomic mass is 19.3. The molecule has 1 saturated carbocycles. The molecule has 1 saturated heterocycles. The van der Waals surface area contributed by atoms with Gasteiger partial charge >= 0.3 is 0 Å². The van der Waals surface area contributed by atoms with Crippen molar-refractivity contribution in [2.75, 3.05) is 27.3 Å². The van der Waals surface area contributed by atoms with E-state index in [1.807, 2.05) is 19.1 Å². The van der Waals surface area contributed by atoms with Crippen LogP contribution < -0.4 is 11.1 Å². The van der Waals surface area contributed by atoms with Crippen LogP contribution in [0.5, 0.6) is 0 Å². The van der Waals surface area contributed by atoms with E-state index < -0.39 is 11.7 Å². The second-order valence-electron chi connectivity index (χ2n) is 12.1. The zero-order valence-corrected chi connectivity index (χ0v) is 28.7. The number of likely N-dealkylation sites (tertiary alicyclic amines) is 1. The molecule has 48 heavy (non-hydrogen) atoms. The van der Waals surface area contributed by atoms with E-state index in [0.29, 0.717) is 49.9 Å². The first-order chi connectivity index (χ1) is 23.0. The molecule has 1 amide bonds. The molecule has 1 aromatic carbocycles. The van der Waals surface area contributed by atoms with Gasteiger partial charge in [-0.1, -0.05) is 6.07 Å². The van der Waals surface area contributed by atoms with Gasteiger partial charge in [-0.05, 0) is 91.4 Å². The van der Waals surface area contributed by atoms with Gasteiger partial charge in [0, 0.05) is 49.6 Å². The molecule has 3 heterocycles. The Bertz CT molecular complexity index is 1600. The van der Waals surface area contributed by atoms with E-state index in [1.165, 1.54) is 7.05 Å². The molecule has 1 aliphatic carbocycles. The van der Waals surface area contributed by atoms with Gasteiger partial charge in [-0.25, -0.2) is 28.1 Å². The SMILES string of the molecule is C=N/C(=C(/F)C=Nc1ccc(C(=O)N2CCC(NC3CCC(F)(F)CC3)CC2)c(C)n1)c1ccc2nc(C)n(C(C)C)c2c1.CF.CN. The Morgan fingerprint density at radius 3 is 2.25 bits per heavy atom. The maximum atomic E-state index is 15.3. The lowest BCUT2D eigenvalue weighted by molar-refractivity contribution is -0.0417. The number of rotatable bonds is 8. The summed E-state index contributed by atoms with van der Waals surface area (Å²) in [6, 6.07) is 9.23. The van der Waals surface area contributed by atoms with Crippen molar-refractivity contribution in [1.29, 1.82) is 0 Å². The van der Waals surface area contributed by atoms with E-state index in [4.69, 9.17) is 0 Å². The number of alkyl halides is 3. The van der Waals surface area contributed by atoms with Crippen molar-refractivity contribution in [2.24, 2.45) is 15.7 Å². The topological polar surface area (TPSA) is 114 Å². The standard InChI is InChI=1S/C33H40F3N7O.CH3F.CH5N/c1-20(2)43-22(4)40-28-8-6-23(18-29(28)43)31(37-5)27(34)19-38-30-9-7-26(21(3)39-30)32(44)42-16-12-25(13-17-42)41-24-10-14-33(35,36)15-11-24;2*1-2/h6-9,18-20,24-25,41H,5,10-17H2,1-4H3;1H3;2H2,1H3/b31-27+,38-19?;;. The minimum Gasteiger partial charge on any atom is -0.338 e. The Balaban J connectivity index is 0.00000151. The third kappa shape index (κ3) is 9.34. The number of nitrogens with one attached hydrogen (secondary N) is 1. The lowest BCUT2D eigenvalue weighted by atomic mass is 9.91. The average molecular weight is 673 g/mol. The van der Waals surface area contributed by atoms with Crippen LogP contribution in [0, 0.1) is 13.8 Å². The van der Waals surface area contributed by atoms with Gasteiger partial charge in [-0.15, -0.1) is 0 Å². The summed E-state index contributed by atoms with van der Waals surface area (Å²) in [5.41, 5.74) is 7.80. The molecule has 13 heteroatoms. The maximum absolute atomic E-state index is 15.3. The molecule has 9 nitrogen and oxygen atoms in total. The fourth-order valence-corrected chi connectivity index (χ4v) is 6.31. The Morgan fingerprint density at radius 2 is 1.67 bits per heavy atom. The zero-order chi connectivity index (χ0) is 35.6. The number of nitrogens with two attached hydrogens (primary N) is 1. The van der Waals surface area contributed by atoms with Crippen LogP contribution in [0.3, 0.4) is 0 Å². The number of hydrogen-bond donors (Lipinski definition) is 2. The van der Waals surface area contributed by atoms with Crippen molar-refractivity contribution >= 4 is 41.4 Å². The average Bonchev–Trinajstić information content (AvgIpc) is 3.42. The van der Waals surface area contributed by atoms with Crippen LogP contribution in [-0.4, -0.2) is 83.6 Å². The number of amides is 1. The second-order valence-corrected chi connectivity index (χ2v) is 12.1. The molecule has 0 spiro atoms. The van der Waals surface area contributed by atoms with Crippen molar-refractivity contribution in [1.82, 2.24) is 24.8 Å². The van der Waals surface area contributed by atoms with E-state index in [2.05, 4.69) is 56.1 Å². The van der Waals surface area contributed by atoms with Gasteiger partial charge in [0.2, 0.25) is 5.92 Å². The first kappa shape index (κ1) is 38.5. The predicted octanol–water partition coefficient (Wildman–Crippen LogP) is 7.30. The van der Waals surface area contributed by atoms with Crippen LogP contribution in [0.1, 0.15) is 85.9 Å². The predicted molar refractivity (Wildman–Crippen MR) is 186 cm³/mol. The smallest absolute Gasteiger partial charge is 0.255 e. The molecule has 3 aromatic rings. The van der Waals surface area contributed by atoms with E-state index in [-0.39, 0.29) is 48.4 Å². The number of carbonyl (C=O) groups is 1. The van der Waals surface area contributed by atoms with Gasteiger partial charge in [0.1, 0.15) is 11.5 Å². The quantitative estimate of drug-likeness (QED) is 0.193. The molecule has 262 valence electrons. The van der Waals surface area contributed by atoms with E-state index in [9.17, 15) is 18.0 Å². The number of nitrogens with zero attached hydrogens (tertiary/aromatic N) is 6. The van der Waals surface area contributed by atoms with Crippen LogP contribution in [0.15, 0.2) is 46.1 Å². The molecule has 0 radical (unpaired) electrons. The molecular weight excluding hydrogens is 624 g/mol. The number of aryl methyl sites for hydroxylation is 2. The van der Waals surface area contributed by atoms with Crippen molar-refractivity contribution < 1.29 is 22.4 Å². The summed E-state index contributed by atoms with van der Waals surface area (Å²) < 4.78 is 53.8. The summed E-state index contributed by atoms with van der Waals surface area (Å²) in [5, 5.41) is 3.53. The summed E-state index contributed by atoms with van der Waals surface area (Å²) in [6.07, 6.45) is 3.44. The Kier molecular flexibility index (Phi) is 14.0. The minimum absolute atomic E-state index is 0.0626. The number of fused-ring (bicyclic) bond motifs is 1. The number of allylic oxidation sites excluding steroid dienone is 1. The van der Waals surface area contributed by atoms with Gasteiger partial charge in [0.15, 0.2) is 11.6 Å². The minimum atomic E-state index is -2.54. The number of carbonyl (C=O) groups excluding carboxylic acids is 1. The van der Waals surface area contributed by atoms with E-state index >= 15 is 4.39 Å². The Hall–Kier alpha value is -3.97. The van der Waals surface area contributed by atoms with Gasteiger partial charge in [0.25, 0.3) is 5.91 Å². The lowest BCUT2D eigenvalue weighted by Crippen LogP contribution is -2.49. The summed E-state index contributed by atoms with van der Waals surface area (Å²) in [6.45, 7) is 12.5. The normalized spacial score (nSPS) is 17.5. The molecule has 2 fully saturated rings. The van der Waals surface area contributed by atoms with Crippen molar-refractivity contribution in [3.05, 3.63) is 58.8 Å². The number of halogens is 4. The van der Waals surface area contributed by atoms with Gasteiger partial charge in [0.05, 0.1) is 35.7 Å². The molecule has 0 atom stereocenters. The van der Waals surface area contributed by atoms with Gasteiger partial charge < -0.3 is 20.5 Å². The van der Waals surface area contributed by atoms with E-state index in [1.54, 1.807) is 30.0 Å². The number of imidazole rings is 1. The fourth-order valence-electron chi connectivity index (χ4n) is 6.31. The highest BCUT2D eigenvalue weighted by Crippen LogP contribution is 2.34. The Morgan fingerprint density at radius 1 is 1.04 bits per heavy atom. The van der Waals surface area contributed by atoms with Gasteiger partial charge in [-0.3, -0.25) is 14.2 Å². The maximum Gasteiger partial charge on any atom is 0.255 e. The molecular formula is C35H48F4N8O. The molecule has 1 aliphatic heterocycles. The number of aromatic nitrogens is 3. The largest absolute Gasteiger partial charge is 0.338 e. The van der Waals surface area contributed by atoms with Crippen LogP contribution in [-0.2, 0) is 0 Å². The van der Waals surface area contributed by atoms with Crippen molar-refractivity contribution in [2.45, 2.75) is 90.3 Å². The first-order valence-electron chi connectivity index (χ1n) is 16.2. The number of benzene rings is 1. The van der Waals surface area contributed by atoms with Crippen molar-refractivity contribution in [3.8, 4) is 0 Å². The fraction of sp³-hybridized carbons (Fsp3) is 0.514. The molecule has 5 rings (SSSR count). The molecule has 0 unspecified atom stereocenters. The summed E-state index contributed by atoms with van der Waals surface area (Å²) in [4.78, 5) is 32.2. The summed E-state index contributed by atoms with van der Waals surface area (Å²) in [5.74, 6) is -2.17. The summed E-state index contributed by atoms with van der Waals surface area (Å²) in [7, 11) is 2.00. The highest BCUT2D eigenvalue weighted by Gasteiger charge is 2.36. The summed E-state index contributed by atoms with van der Waals surface area (Å²) >= 11 is 0. The second kappa shape index (κ2) is 17.4. The number of pyridine rings is 1. The lowest BCUT2D eigenvalue weighted by Gasteiger charge is -2.37. The monoisotopic (exact) mass is 672 g/mol. The molecule has 3 N–H and O–H groups in total. The van der Waals surface area contributed by atoms with Crippen LogP contribution in [0.25, 0.3) is 16.7 Å². The van der Waals surface area contributed by atoms with E-state index in [0.717, 1.165) is 35.9 Å². The molecule has 2 aromatic heterocycles. The zero-order valence-electron chi connectivity index (χ0n) is 28.7. The molecule has 2 aliphatic rings. The third-order valence-electron chi connectivity index (χ3n) is 8.62. The first-order valence-corrected chi connectivity index (χ1v) is 16.2. The van der Waals surface area contributed by atoms with Crippen LogP contribution in [0.2, 0.25) is 0 Å². The van der Waals surface area contributed by atoms with Crippen molar-refractivity contribution in [3.63, 3.8) is 0 Å².